The quantitative estimate of drug-likeness (QED) is 0.504. The monoisotopic (exact) mass is 362 g/mol. The lowest BCUT2D eigenvalue weighted by molar-refractivity contribution is 0.168. The third kappa shape index (κ3) is 3.37. The lowest BCUT2D eigenvalue weighted by Gasteiger charge is -2.11. The maximum atomic E-state index is 11.8. The van der Waals surface area contributed by atoms with Crippen molar-refractivity contribution in [1.82, 2.24) is 20.2 Å². The lowest BCUT2D eigenvalue weighted by atomic mass is 10.1. The van der Waals surface area contributed by atoms with Crippen molar-refractivity contribution in [3.8, 4) is 0 Å². The van der Waals surface area contributed by atoms with Gasteiger partial charge in [-0.05, 0) is 31.5 Å². The number of nitrogens with one attached hydrogen (secondary N) is 3. The van der Waals surface area contributed by atoms with Gasteiger partial charge in [-0.2, -0.15) is 5.10 Å². The SMILES string of the molecule is CCOC(=O)Nc1cc(Nc2ncc3cccc(C)c3n2)cc2[nH]ncc12. The van der Waals surface area contributed by atoms with Crippen LogP contribution in [0.25, 0.3) is 21.8 Å². The Labute approximate surface area is 155 Å². The fraction of sp³-hybridized carbons (Fsp3) is 0.158. The number of hydrogen-bond acceptors (Lipinski definition) is 6. The van der Waals surface area contributed by atoms with Crippen LogP contribution >= 0.6 is 0 Å². The fourth-order valence-corrected chi connectivity index (χ4v) is 2.90. The number of carbonyl (C=O) groups is 1. The number of hydrogen-bond donors (Lipinski definition) is 3. The second-order valence-corrected chi connectivity index (χ2v) is 6.03. The van der Waals surface area contributed by atoms with Gasteiger partial charge < -0.3 is 10.1 Å². The molecule has 3 N–H and O–H groups in total. The van der Waals surface area contributed by atoms with E-state index in [1.54, 1.807) is 25.4 Å². The summed E-state index contributed by atoms with van der Waals surface area (Å²) in [6.07, 6.45) is 2.91. The van der Waals surface area contributed by atoms with E-state index in [2.05, 4.69) is 30.8 Å². The van der Waals surface area contributed by atoms with E-state index < -0.39 is 6.09 Å². The maximum Gasteiger partial charge on any atom is 0.411 e. The molecule has 2 aromatic heterocycles. The average molecular weight is 362 g/mol. The van der Waals surface area contributed by atoms with Gasteiger partial charge in [-0.1, -0.05) is 18.2 Å². The van der Waals surface area contributed by atoms with Gasteiger partial charge in [0.25, 0.3) is 0 Å². The molecule has 2 aromatic carbocycles. The van der Waals surface area contributed by atoms with Gasteiger partial charge in [-0.3, -0.25) is 10.4 Å². The number of para-hydroxylation sites is 1. The zero-order valence-electron chi connectivity index (χ0n) is 14.9. The van der Waals surface area contributed by atoms with Crippen molar-refractivity contribution in [2.75, 3.05) is 17.2 Å². The van der Waals surface area contributed by atoms with Gasteiger partial charge in [0.15, 0.2) is 0 Å². The van der Waals surface area contributed by atoms with E-state index in [1.165, 1.54) is 0 Å². The minimum Gasteiger partial charge on any atom is -0.450 e. The summed E-state index contributed by atoms with van der Waals surface area (Å²) in [5.41, 5.74) is 4.03. The van der Waals surface area contributed by atoms with E-state index >= 15 is 0 Å². The Hall–Kier alpha value is -3.68. The molecule has 0 bridgehead atoms. The second-order valence-electron chi connectivity index (χ2n) is 6.03. The highest BCUT2D eigenvalue weighted by atomic mass is 16.5. The first-order chi connectivity index (χ1) is 13.1. The first-order valence-electron chi connectivity index (χ1n) is 8.54. The zero-order chi connectivity index (χ0) is 18.8. The van der Waals surface area contributed by atoms with Gasteiger partial charge in [-0.25, -0.2) is 14.8 Å². The number of aromatic nitrogens is 4. The van der Waals surface area contributed by atoms with Crippen LogP contribution < -0.4 is 10.6 Å². The maximum absolute atomic E-state index is 11.8. The smallest absolute Gasteiger partial charge is 0.411 e. The minimum atomic E-state index is -0.519. The van der Waals surface area contributed by atoms with Gasteiger partial charge in [0.2, 0.25) is 5.95 Å². The highest BCUT2D eigenvalue weighted by Crippen LogP contribution is 2.28. The van der Waals surface area contributed by atoms with Crippen LogP contribution in [-0.2, 0) is 4.74 Å². The molecule has 8 nitrogen and oxygen atoms in total. The molecule has 0 unspecified atom stereocenters. The standard InChI is InChI=1S/C19H18N6O2/c1-3-27-19(26)23-15-7-13(8-16-14(15)10-21-25-16)22-18-20-9-12-6-4-5-11(2)17(12)24-18/h4-10H,3H2,1-2H3,(H,21,25)(H,23,26)(H,20,22,24). The molecule has 8 heteroatoms. The van der Waals surface area contributed by atoms with Crippen LogP contribution in [0.15, 0.2) is 42.7 Å². The third-order valence-electron chi connectivity index (χ3n) is 4.14. The van der Waals surface area contributed by atoms with E-state index in [-0.39, 0.29) is 0 Å². The highest BCUT2D eigenvalue weighted by Gasteiger charge is 2.11. The third-order valence-corrected chi connectivity index (χ3v) is 4.14. The summed E-state index contributed by atoms with van der Waals surface area (Å²) in [7, 11) is 0. The second kappa shape index (κ2) is 6.91. The Bertz CT molecular complexity index is 1140. The summed E-state index contributed by atoms with van der Waals surface area (Å²) in [6.45, 7) is 4.06. The normalized spacial score (nSPS) is 10.9. The van der Waals surface area contributed by atoms with Crippen molar-refractivity contribution in [1.29, 1.82) is 0 Å². The van der Waals surface area contributed by atoms with Crippen molar-refractivity contribution < 1.29 is 9.53 Å². The van der Waals surface area contributed by atoms with Crippen LogP contribution in [0, 0.1) is 6.92 Å². The topological polar surface area (TPSA) is 105 Å². The Morgan fingerprint density at radius 2 is 2.15 bits per heavy atom. The van der Waals surface area contributed by atoms with Crippen LogP contribution in [0.1, 0.15) is 12.5 Å². The summed E-state index contributed by atoms with van der Waals surface area (Å²) < 4.78 is 4.97. The Morgan fingerprint density at radius 3 is 3.00 bits per heavy atom. The van der Waals surface area contributed by atoms with Crippen molar-refractivity contribution in [3.63, 3.8) is 0 Å². The molecule has 0 atom stereocenters. The number of anilines is 3. The van der Waals surface area contributed by atoms with E-state index in [1.807, 2.05) is 31.2 Å². The number of rotatable bonds is 4. The molecule has 1 amide bonds. The van der Waals surface area contributed by atoms with Crippen LogP contribution in [-0.4, -0.2) is 32.9 Å². The Morgan fingerprint density at radius 1 is 1.26 bits per heavy atom. The molecule has 0 aliphatic rings. The lowest BCUT2D eigenvalue weighted by Crippen LogP contribution is -2.13. The highest BCUT2D eigenvalue weighted by molar-refractivity contribution is 6.00. The van der Waals surface area contributed by atoms with Gasteiger partial charge in [0, 0.05) is 22.7 Å². The van der Waals surface area contributed by atoms with Crippen molar-refractivity contribution in [2.45, 2.75) is 13.8 Å². The Kier molecular flexibility index (Phi) is 4.29. The summed E-state index contributed by atoms with van der Waals surface area (Å²) >= 11 is 0. The van der Waals surface area contributed by atoms with Crippen LogP contribution in [0.3, 0.4) is 0 Å². The number of fused-ring (bicyclic) bond motifs is 2. The first-order valence-corrected chi connectivity index (χ1v) is 8.54. The number of nitrogens with zero attached hydrogens (tertiary/aromatic N) is 3. The molecule has 0 spiro atoms. The average Bonchev–Trinajstić information content (AvgIpc) is 3.11. The molecule has 2 heterocycles. The van der Waals surface area contributed by atoms with E-state index in [9.17, 15) is 4.79 Å². The predicted molar refractivity (Wildman–Crippen MR) is 104 cm³/mol. The van der Waals surface area contributed by atoms with E-state index in [4.69, 9.17) is 4.74 Å². The molecule has 0 aliphatic carbocycles. The van der Waals surface area contributed by atoms with Gasteiger partial charge in [0.1, 0.15) is 0 Å². The number of H-pyrrole nitrogens is 1. The van der Waals surface area contributed by atoms with Crippen LogP contribution in [0.2, 0.25) is 0 Å². The molecule has 0 saturated carbocycles. The number of aromatic amines is 1. The van der Waals surface area contributed by atoms with Gasteiger partial charge in [-0.15, -0.1) is 0 Å². The van der Waals surface area contributed by atoms with E-state index in [0.717, 1.165) is 27.4 Å². The zero-order valence-corrected chi connectivity index (χ0v) is 14.9. The molecule has 0 radical (unpaired) electrons. The molecule has 4 aromatic rings. The number of benzene rings is 2. The van der Waals surface area contributed by atoms with Crippen molar-refractivity contribution in [2.24, 2.45) is 0 Å². The molecular formula is C19H18N6O2. The number of carbonyl (C=O) groups excluding carboxylic acids is 1. The summed E-state index contributed by atoms with van der Waals surface area (Å²) in [6, 6.07) is 9.64. The molecule has 0 aliphatic heterocycles. The Balaban J connectivity index is 1.69. The molecule has 4 rings (SSSR count). The van der Waals surface area contributed by atoms with Crippen molar-refractivity contribution in [3.05, 3.63) is 48.3 Å². The van der Waals surface area contributed by atoms with Crippen LogP contribution in [0.4, 0.5) is 22.1 Å². The van der Waals surface area contributed by atoms with Gasteiger partial charge >= 0.3 is 6.09 Å². The van der Waals surface area contributed by atoms with Crippen LogP contribution in [0.5, 0.6) is 0 Å². The largest absolute Gasteiger partial charge is 0.450 e. The van der Waals surface area contributed by atoms with Crippen molar-refractivity contribution >= 4 is 45.2 Å². The first kappa shape index (κ1) is 16.8. The molecule has 27 heavy (non-hydrogen) atoms. The molecule has 136 valence electrons. The number of amides is 1. The minimum absolute atomic E-state index is 0.294. The van der Waals surface area contributed by atoms with Gasteiger partial charge in [0.05, 0.1) is 29.5 Å². The van der Waals surface area contributed by atoms with E-state index in [0.29, 0.717) is 23.9 Å². The summed E-state index contributed by atoms with van der Waals surface area (Å²) in [5, 5.41) is 14.6. The number of ether oxygens (including phenoxy) is 1. The number of aryl methyl sites for hydroxylation is 1. The predicted octanol–water partition coefficient (Wildman–Crippen LogP) is 4.13. The fourth-order valence-electron chi connectivity index (χ4n) is 2.90. The molecular weight excluding hydrogens is 344 g/mol. The summed E-state index contributed by atoms with van der Waals surface area (Å²) in [4.78, 5) is 20.8. The molecule has 0 fully saturated rings. The summed E-state index contributed by atoms with van der Waals surface area (Å²) in [5.74, 6) is 0.470. The molecule has 0 saturated heterocycles.